The van der Waals surface area contributed by atoms with Crippen LogP contribution in [-0.2, 0) is 18.2 Å². The van der Waals surface area contributed by atoms with Crippen LogP contribution in [0.15, 0.2) is 121 Å². The topological polar surface area (TPSA) is 0 Å². The van der Waals surface area contributed by atoms with Crippen molar-refractivity contribution in [2.24, 2.45) is 0 Å². The summed E-state index contributed by atoms with van der Waals surface area (Å²) in [7, 11) is 3.87. The first-order valence-corrected chi connectivity index (χ1v) is 15.3. The molecule has 0 aliphatic heterocycles. The fourth-order valence-corrected chi connectivity index (χ4v) is 8.59. The number of benzene rings is 4. The Morgan fingerprint density at radius 2 is 0.645 bits per heavy atom. The Hall–Kier alpha value is -1.31. The average molecular weight is 554 g/mol. The standard InChI is InChI=1S/C27H26P2.ClH.Pd/c1-5-14-24(15-6-1)28(25-16-7-2-8-17-25)22-13-23-29(26-18-9-3-10-19-26)27-20-11-4-12-21-27;;/h1-12,14-21H,13,22-23H2;1H;/q;;+1/p-1. The van der Waals surface area contributed by atoms with Crippen molar-refractivity contribution in [3.05, 3.63) is 121 Å². The van der Waals surface area contributed by atoms with Gasteiger partial charge in [-0.3, -0.25) is 0 Å². The van der Waals surface area contributed by atoms with Gasteiger partial charge in [-0.25, -0.2) is 0 Å². The van der Waals surface area contributed by atoms with E-state index < -0.39 is 0 Å². The largest absolute Gasteiger partial charge is 0.0622 e. The molecule has 0 aliphatic carbocycles. The molecule has 0 radical (unpaired) electrons. The molecule has 0 atom stereocenters. The number of hydrogen-bond donors (Lipinski definition) is 0. The molecular formula is C27H26ClP2Pd. The van der Waals surface area contributed by atoms with Crippen LogP contribution in [0.4, 0.5) is 0 Å². The van der Waals surface area contributed by atoms with Crippen LogP contribution in [0.25, 0.3) is 0 Å². The van der Waals surface area contributed by atoms with E-state index >= 15 is 0 Å². The quantitative estimate of drug-likeness (QED) is 0.177. The van der Waals surface area contributed by atoms with E-state index in [1.54, 1.807) is 0 Å². The molecule has 0 aromatic heterocycles. The van der Waals surface area contributed by atoms with Gasteiger partial charge in [-0.2, -0.15) is 0 Å². The average Bonchev–Trinajstić information content (AvgIpc) is 2.87. The van der Waals surface area contributed by atoms with Crippen LogP contribution >= 0.6 is 25.4 Å². The van der Waals surface area contributed by atoms with Gasteiger partial charge >= 0.3 is 27.7 Å². The van der Waals surface area contributed by atoms with Gasteiger partial charge in [-0.05, 0) is 55.8 Å². The number of rotatable bonds is 8. The summed E-state index contributed by atoms with van der Waals surface area (Å²) in [4.78, 5) is 0. The third-order valence-corrected chi connectivity index (χ3v) is 10.2. The predicted octanol–water partition coefficient (Wildman–Crippen LogP) is 6.33. The van der Waals surface area contributed by atoms with Crippen molar-refractivity contribution in [1.29, 1.82) is 0 Å². The first-order chi connectivity index (χ1) is 15.4. The van der Waals surface area contributed by atoms with Crippen molar-refractivity contribution >= 4 is 46.6 Å². The predicted molar refractivity (Wildman–Crippen MR) is 138 cm³/mol. The summed E-state index contributed by atoms with van der Waals surface area (Å²) in [6, 6.07) is 44.3. The summed E-state index contributed by atoms with van der Waals surface area (Å²) in [5, 5.41) is 5.94. The summed E-state index contributed by atoms with van der Waals surface area (Å²) in [6.45, 7) is 0. The normalized spacial score (nSPS) is 10.6. The Kier molecular flexibility index (Phi) is 11.0. The summed E-state index contributed by atoms with van der Waals surface area (Å²) in [6.07, 6.45) is 3.72. The molecule has 0 unspecified atom stereocenters. The molecule has 0 saturated carbocycles. The minimum absolute atomic E-state index is 0.309. The molecule has 0 bridgehead atoms. The zero-order chi connectivity index (χ0) is 21.7. The van der Waals surface area contributed by atoms with Crippen LogP contribution in [0.1, 0.15) is 6.42 Å². The van der Waals surface area contributed by atoms with Crippen molar-refractivity contribution in [1.82, 2.24) is 0 Å². The molecule has 0 amide bonds. The molecule has 4 aromatic carbocycles. The van der Waals surface area contributed by atoms with Crippen LogP contribution in [0.3, 0.4) is 0 Å². The van der Waals surface area contributed by atoms with Gasteiger partial charge in [0.1, 0.15) is 0 Å². The van der Waals surface area contributed by atoms with Gasteiger partial charge in [0.05, 0.1) is 0 Å². The second-order valence-electron chi connectivity index (χ2n) is 7.00. The van der Waals surface area contributed by atoms with Gasteiger partial charge in [-0.15, -0.1) is 0 Å². The van der Waals surface area contributed by atoms with E-state index in [-0.39, 0.29) is 15.8 Å². The smallest absolute Gasteiger partial charge is 0.0195 e. The summed E-state index contributed by atoms with van der Waals surface area (Å²) < 4.78 is 0. The van der Waals surface area contributed by atoms with Crippen LogP contribution in [0, 0.1) is 0 Å². The summed E-state index contributed by atoms with van der Waals surface area (Å²) in [5.74, 6) is 0. The van der Waals surface area contributed by atoms with Crippen LogP contribution in [0.2, 0.25) is 0 Å². The van der Waals surface area contributed by atoms with Gasteiger partial charge in [0.25, 0.3) is 0 Å². The van der Waals surface area contributed by atoms with Crippen molar-refractivity contribution in [2.45, 2.75) is 6.42 Å². The number of halogens is 1. The molecule has 0 nitrogen and oxygen atoms in total. The van der Waals surface area contributed by atoms with E-state index in [0.29, 0.717) is 0 Å². The molecule has 4 rings (SSSR count). The SMILES string of the molecule is [Cl][Pd].c1ccc(P(CCCP(c2ccccc2)c2ccccc2)c2ccccc2)cc1. The molecule has 0 spiro atoms. The fourth-order valence-electron chi connectivity index (χ4n) is 3.63. The fraction of sp³-hybridized carbons (Fsp3) is 0.111. The Balaban J connectivity index is 0.00000132. The van der Waals surface area contributed by atoms with Gasteiger partial charge < -0.3 is 0 Å². The zero-order valence-electron chi connectivity index (χ0n) is 17.3. The van der Waals surface area contributed by atoms with E-state index in [1.165, 1.54) is 40.0 Å². The van der Waals surface area contributed by atoms with Crippen molar-refractivity contribution < 1.29 is 18.2 Å². The molecule has 0 N–H and O–H groups in total. The molecule has 4 heteroatoms. The van der Waals surface area contributed by atoms with E-state index in [4.69, 9.17) is 0 Å². The Bertz CT molecular complexity index is 821. The monoisotopic (exact) mass is 553 g/mol. The molecular weight excluding hydrogens is 528 g/mol. The number of hydrogen-bond acceptors (Lipinski definition) is 0. The van der Waals surface area contributed by atoms with E-state index in [2.05, 4.69) is 149 Å². The summed E-state index contributed by atoms with van der Waals surface area (Å²) in [5.41, 5.74) is 0. The van der Waals surface area contributed by atoms with E-state index in [9.17, 15) is 0 Å². The third kappa shape index (κ3) is 7.36. The second kappa shape index (κ2) is 14.0. The Morgan fingerprint density at radius 1 is 0.419 bits per heavy atom. The molecule has 31 heavy (non-hydrogen) atoms. The Morgan fingerprint density at radius 3 is 0.871 bits per heavy atom. The second-order valence-corrected chi connectivity index (χ2v) is 11.7. The third-order valence-electron chi connectivity index (χ3n) is 5.03. The first kappa shape index (κ1) is 24.3. The Labute approximate surface area is 204 Å². The van der Waals surface area contributed by atoms with Crippen molar-refractivity contribution in [3.63, 3.8) is 0 Å². The zero-order valence-corrected chi connectivity index (χ0v) is 21.4. The van der Waals surface area contributed by atoms with Gasteiger partial charge in [-0.1, -0.05) is 121 Å². The minimum atomic E-state index is -0.309. The van der Waals surface area contributed by atoms with Gasteiger partial charge in [0.2, 0.25) is 0 Å². The summed E-state index contributed by atoms with van der Waals surface area (Å²) >= 11 is 2.22. The molecule has 0 aliphatic rings. The maximum Gasteiger partial charge on any atom is -0.0195 e. The van der Waals surface area contributed by atoms with Crippen LogP contribution < -0.4 is 21.2 Å². The molecule has 0 heterocycles. The van der Waals surface area contributed by atoms with Gasteiger partial charge in [0, 0.05) is 0 Å². The maximum atomic E-state index is 4.49. The maximum absolute atomic E-state index is 4.49. The first-order valence-electron chi connectivity index (χ1n) is 10.3. The van der Waals surface area contributed by atoms with Crippen LogP contribution in [-0.4, -0.2) is 12.3 Å². The van der Waals surface area contributed by atoms with Crippen molar-refractivity contribution in [2.75, 3.05) is 12.3 Å². The minimum Gasteiger partial charge on any atom is -0.0622 e. The van der Waals surface area contributed by atoms with Gasteiger partial charge in [0.15, 0.2) is 0 Å². The molecule has 0 saturated heterocycles. The molecule has 0 fully saturated rings. The van der Waals surface area contributed by atoms with E-state index in [0.717, 1.165) is 0 Å². The van der Waals surface area contributed by atoms with Crippen molar-refractivity contribution in [3.8, 4) is 0 Å². The molecule has 4 aromatic rings. The van der Waals surface area contributed by atoms with E-state index in [1.807, 2.05) is 0 Å². The van der Waals surface area contributed by atoms with Crippen LogP contribution in [0.5, 0.6) is 0 Å². The molecule has 161 valence electrons.